The van der Waals surface area contributed by atoms with Crippen molar-refractivity contribution < 1.29 is 18.7 Å². The lowest BCUT2D eigenvalue weighted by Crippen LogP contribution is -2.21. The lowest BCUT2D eigenvalue weighted by Gasteiger charge is -2.10. The van der Waals surface area contributed by atoms with Crippen LogP contribution in [0, 0.1) is 5.82 Å². The number of hydrogen-bond donors (Lipinski definition) is 1. The Kier molecular flexibility index (Phi) is 5.95. The van der Waals surface area contributed by atoms with Gasteiger partial charge < -0.3 is 15.0 Å². The molecule has 0 aliphatic rings. The maximum atomic E-state index is 13.6. The first-order valence-corrected chi connectivity index (χ1v) is 9.08. The Hall–Kier alpha value is -3.33. The maximum absolute atomic E-state index is 13.6. The van der Waals surface area contributed by atoms with Gasteiger partial charge in [0.15, 0.2) is 5.01 Å². The molecule has 0 aliphatic heterocycles. The molecule has 0 saturated heterocycles. The Labute approximate surface area is 164 Å². The monoisotopic (exact) mass is 400 g/mol. The number of nitrogens with zero attached hydrogens (tertiary/aromatic N) is 3. The van der Waals surface area contributed by atoms with E-state index in [1.165, 1.54) is 23.1 Å². The topological polar surface area (TPSA) is 84.4 Å². The Bertz CT molecular complexity index is 989. The number of para-hydroxylation sites is 1. The van der Waals surface area contributed by atoms with E-state index in [4.69, 9.17) is 4.74 Å². The summed E-state index contributed by atoms with van der Waals surface area (Å²) >= 11 is 1.05. The second-order valence-corrected chi connectivity index (χ2v) is 7.01. The van der Waals surface area contributed by atoms with Crippen LogP contribution >= 0.6 is 11.3 Å². The number of nitrogens with one attached hydrogen (secondary N) is 1. The molecule has 2 aromatic carbocycles. The number of halogens is 1. The van der Waals surface area contributed by atoms with Crippen LogP contribution in [0.2, 0.25) is 0 Å². The summed E-state index contributed by atoms with van der Waals surface area (Å²) < 4.78 is 19.2. The van der Waals surface area contributed by atoms with Gasteiger partial charge >= 0.3 is 0 Å². The first kappa shape index (κ1) is 19.4. The third-order valence-electron chi connectivity index (χ3n) is 3.65. The van der Waals surface area contributed by atoms with Crippen molar-refractivity contribution in [3.63, 3.8) is 0 Å². The zero-order valence-electron chi connectivity index (χ0n) is 15.2. The van der Waals surface area contributed by atoms with E-state index in [2.05, 4.69) is 15.5 Å². The first-order chi connectivity index (χ1) is 13.4. The van der Waals surface area contributed by atoms with Gasteiger partial charge in [0.2, 0.25) is 5.01 Å². The Morgan fingerprint density at radius 2 is 1.82 bits per heavy atom. The minimum absolute atomic E-state index is 0.0767. The Balaban J connectivity index is 1.58. The largest absolute Gasteiger partial charge is 0.486 e. The molecule has 1 N–H and O–H groups in total. The predicted molar refractivity (Wildman–Crippen MR) is 103 cm³/mol. The van der Waals surface area contributed by atoms with E-state index in [0.717, 1.165) is 11.3 Å². The molecule has 9 heteroatoms. The van der Waals surface area contributed by atoms with Gasteiger partial charge in [0.05, 0.1) is 5.69 Å². The van der Waals surface area contributed by atoms with Gasteiger partial charge in [-0.25, -0.2) is 4.39 Å². The summed E-state index contributed by atoms with van der Waals surface area (Å²) in [4.78, 5) is 25.5. The summed E-state index contributed by atoms with van der Waals surface area (Å²) in [5.74, 6) is -0.607. The van der Waals surface area contributed by atoms with Crippen molar-refractivity contribution in [2.45, 2.75) is 6.61 Å². The molecule has 0 unspecified atom stereocenters. The molecule has 0 atom stereocenters. The van der Waals surface area contributed by atoms with Crippen molar-refractivity contribution in [3.8, 4) is 5.75 Å². The SMILES string of the molecule is CN(C)C(=O)c1ccc(OCc2nnc(C(=O)Nc3ccccc3F)s2)cc1. The normalized spacial score (nSPS) is 10.4. The third-order valence-corrected chi connectivity index (χ3v) is 4.55. The van der Waals surface area contributed by atoms with Crippen LogP contribution in [0.1, 0.15) is 25.2 Å². The van der Waals surface area contributed by atoms with E-state index in [-0.39, 0.29) is 23.2 Å². The molecule has 144 valence electrons. The van der Waals surface area contributed by atoms with Crippen LogP contribution in [0.25, 0.3) is 0 Å². The predicted octanol–water partition coefficient (Wildman–Crippen LogP) is 3.21. The number of amides is 2. The maximum Gasteiger partial charge on any atom is 0.286 e. The Morgan fingerprint density at radius 1 is 1.11 bits per heavy atom. The lowest BCUT2D eigenvalue weighted by atomic mass is 10.2. The highest BCUT2D eigenvalue weighted by Gasteiger charge is 2.15. The summed E-state index contributed by atoms with van der Waals surface area (Å²) in [6, 6.07) is 12.6. The van der Waals surface area contributed by atoms with Crippen LogP contribution < -0.4 is 10.1 Å². The molecule has 2 amide bonds. The molecule has 28 heavy (non-hydrogen) atoms. The van der Waals surface area contributed by atoms with Crippen molar-refractivity contribution >= 4 is 28.8 Å². The molecule has 1 heterocycles. The minimum atomic E-state index is -0.541. The van der Waals surface area contributed by atoms with Crippen molar-refractivity contribution in [2.75, 3.05) is 19.4 Å². The van der Waals surface area contributed by atoms with Crippen molar-refractivity contribution in [3.05, 3.63) is 69.9 Å². The second kappa shape index (κ2) is 8.57. The summed E-state index contributed by atoms with van der Waals surface area (Å²) in [5.41, 5.74) is 0.633. The summed E-state index contributed by atoms with van der Waals surface area (Å²) in [7, 11) is 3.37. The van der Waals surface area contributed by atoms with Gasteiger partial charge in [-0.2, -0.15) is 0 Å². The van der Waals surface area contributed by atoms with Gasteiger partial charge in [-0.05, 0) is 36.4 Å². The van der Waals surface area contributed by atoms with Gasteiger partial charge in [0.1, 0.15) is 18.2 Å². The third kappa shape index (κ3) is 4.68. The average molecular weight is 400 g/mol. The summed E-state index contributed by atoms with van der Waals surface area (Å²) in [5, 5.41) is 10.8. The fourth-order valence-electron chi connectivity index (χ4n) is 2.24. The zero-order valence-corrected chi connectivity index (χ0v) is 16.0. The first-order valence-electron chi connectivity index (χ1n) is 8.27. The van der Waals surface area contributed by atoms with Crippen LogP contribution in [0.4, 0.5) is 10.1 Å². The fraction of sp³-hybridized carbons (Fsp3) is 0.158. The summed E-state index contributed by atoms with van der Waals surface area (Å²) in [6.07, 6.45) is 0. The van der Waals surface area contributed by atoms with E-state index in [0.29, 0.717) is 16.3 Å². The smallest absolute Gasteiger partial charge is 0.286 e. The summed E-state index contributed by atoms with van der Waals surface area (Å²) in [6.45, 7) is 0.117. The Morgan fingerprint density at radius 3 is 2.50 bits per heavy atom. The fourth-order valence-corrected chi connectivity index (χ4v) is 2.89. The second-order valence-electron chi connectivity index (χ2n) is 5.95. The molecule has 0 bridgehead atoms. The highest BCUT2D eigenvalue weighted by molar-refractivity contribution is 7.13. The highest BCUT2D eigenvalue weighted by Crippen LogP contribution is 2.19. The molecular formula is C19H17FN4O3S. The molecule has 7 nitrogen and oxygen atoms in total. The molecule has 3 rings (SSSR count). The van der Waals surface area contributed by atoms with E-state index >= 15 is 0 Å². The van der Waals surface area contributed by atoms with Crippen LogP contribution in [0.3, 0.4) is 0 Å². The van der Waals surface area contributed by atoms with E-state index in [1.807, 2.05) is 0 Å². The number of aromatic nitrogens is 2. The van der Waals surface area contributed by atoms with E-state index in [9.17, 15) is 14.0 Å². The van der Waals surface area contributed by atoms with Gasteiger partial charge in [0, 0.05) is 19.7 Å². The molecule has 0 radical (unpaired) electrons. The van der Waals surface area contributed by atoms with Crippen LogP contribution in [-0.2, 0) is 6.61 Å². The molecular weight excluding hydrogens is 383 g/mol. The number of rotatable bonds is 6. The lowest BCUT2D eigenvalue weighted by molar-refractivity contribution is 0.0827. The molecule has 1 aromatic heterocycles. The number of anilines is 1. The molecule has 0 fully saturated rings. The molecule has 3 aromatic rings. The number of benzene rings is 2. The van der Waals surface area contributed by atoms with Gasteiger partial charge in [-0.1, -0.05) is 23.5 Å². The van der Waals surface area contributed by atoms with Gasteiger partial charge in [-0.15, -0.1) is 10.2 Å². The van der Waals surface area contributed by atoms with Gasteiger partial charge in [0.25, 0.3) is 11.8 Å². The highest BCUT2D eigenvalue weighted by atomic mass is 32.1. The number of ether oxygens (including phenoxy) is 1. The van der Waals surface area contributed by atoms with E-state index in [1.54, 1.807) is 44.4 Å². The van der Waals surface area contributed by atoms with Crippen molar-refractivity contribution in [1.29, 1.82) is 0 Å². The van der Waals surface area contributed by atoms with Crippen LogP contribution in [0.15, 0.2) is 48.5 Å². The quantitative estimate of drug-likeness (QED) is 0.687. The van der Waals surface area contributed by atoms with Crippen LogP contribution in [-0.4, -0.2) is 41.0 Å². The minimum Gasteiger partial charge on any atom is -0.486 e. The molecule has 0 spiro atoms. The number of hydrogen-bond acceptors (Lipinski definition) is 6. The molecule has 0 aliphatic carbocycles. The average Bonchev–Trinajstić information content (AvgIpc) is 3.17. The number of carbonyl (C=O) groups is 2. The molecule has 0 saturated carbocycles. The van der Waals surface area contributed by atoms with Gasteiger partial charge in [-0.3, -0.25) is 9.59 Å². The zero-order chi connectivity index (χ0) is 20.1. The standard InChI is InChI=1S/C19H17FN4O3S/c1-24(2)19(26)12-7-9-13(10-8-12)27-11-16-22-23-18(28-16)17(25)21-15-6-4-3-5-14(15)20/h3-10H,11H2,1-2H3,(H,21,25). The van der Waals surface area contributed by atoms with E-state index < -0.39 is 11.7 Å². The van der Waals surface area contributed by atoms with Crippen LogP contribution in [0.5, 0.6) is 5.75 Å². The van der Waals surface area contributed by atoms with Crippen molar-refractivity contribution in [1.82, 2.24) is 15.1 Å². The number of carbonyl (C=O) groups excluding carboxylic acids is 2. The van der Waals surface area contributed by atoms with Crippen molar-refractivity contribution in [2.24, 2.45) is 0 Å².